The fraction of sp³-hybridized carbons (Fsp3) is 0.727. The SMILES string of the molecule is CC(O)C1CCCN(S(=O)(=O)c2cn(C)c(Cl)n2)C1. The first-order valence-electron chi connectivity index (χ1n) is 6.19. The molecule has 19 heavy (non-hydrogen) atoms. The summed E-state index contributed by atoms with van der Waals surface area (Å²) < 4.78 is 27.7. The van der Waals surface area contributed by atoms with Gasteiger partial charge in [0.2, 0.25) is 5.28 Å². The standard InChI is InChI=1S/C11H18ClN3O3S/c1-8(16)9-4-3-5-15(6-9)19(17,18)10-7-14(2)11(12)13-10/h7-9,16H,3-6H2,1-2H3. The lowest BCUT2D eigenvalue weighted by Gasteiger charge is -2.32. The molecule has 0 aliphatic carbocycles. The maximum Gasteiger partial charge on any atom is 0.262 e. The maximum absolute atomic E-state index is 12.4. The molecule has 0 radical (unpaired) electrons. The molecule has 108 valence electrons. The molecule has 6 nitrogen and oxygen atoms in total. The number of sulfonamides is 1. The van der Waals surface area contributed by atoms with E-state index in [2.05, 4.69) is 4.98 Å². The number of piperidine rings is 1. The van der Waals surface area contributed by atoms with Crippen LogP contribution in [0.2, 0.25) is 5.28 Å². The normalized spacial score (nSPS) is 23.5. The number of rotatable bonds is 3. The summed E-state index contributed by atoms with van der Waals surface area (Å²) in [7, 11) is -1.98. The van der Waals surface area contributed by atoms with E-state index in [1.165, 1.54) is 15.1 Å². The van der Waals surface area contributed by atoms with Crippen molar-refractivity contribution in [2.75, 3.05) is 13.1 Å². The van der Waals surface area contributed by atoms with Crippen LogP contribution in [-0.2, 0) is 17.1 Å². The van der Waals surface area contributed by atoms with E-state index in [1.54, 1.807) is 14.0 Å². The highest BCUT2D eigenvalue weighted by Gasteiger charge is 2.33. The summed E-state index contributed by atoms with van der Waals surface area (Å²) in [5, 5.41) is 9.72. The number of aliphatic hydroxyl groups excluding tert-OH is 1. The predicted octanol–water partition coefficient (Wildman–Crippen LogP) is 0.855. The highest BCUT2D eigenvalue weighted by Crippen LogP contribution is 2.25. The Morgan fingerprint density at radius 2 is 2.26 bits per heavy atom. The van der Waals surface area contributed by atoms with Crippen molar-refractivity contribution in [3.8, 4) is 0 Å². The third kappa shape index (κ3) is 2.94. The fourth-order valence-corrected chi connectivity index (χ4v) is 3.96. The largest absolute Gasteiger partial charge is 0.393 e. The van der Waals surface area contributed by atoms with E-state index in [1.807, 2.05) is 0 Å². The van der Waals surface area contributed by atoms with Crippen molar-refractivity contribution in [1.82, 2.24) is 13.9 Å². The highest BCUT2D eigenvalue weighted by molar-refractivity contribution is 7.89. The highest BCUT2D eigenvalue weighted by atomic mass is 35.5. The molecule has 1 N–H and O–H groups in total. The van der Waals surface area contributed by atoms with Gasteiger partial charge in [0.25, 0.3) is 10.0 Å². The number of hydrogen-bond acceptors (Lipinski definition) is 4. The average Bonchev–Trinajstić information content (AvgIpc) is 2.70. The van der Waals surface area contributed by atoms with E-state index in [0.717, 1.165) is 12.8 Å². The summed E-state index contributed by atoms with van der Waals surface area (Å²) in [4.78, 5) is 3.86. The van der Waals surface area contributed by atoms with Gasteiger partial charge in [-0.05, 0) is 37.3 Å². The molecule has 1 fully saturated rings. The summed E-state index contributed by atoms with van der Waals surface area (Å²) in [5.41, 5.74) is 0. The van der Waals surface area contributed by atoms with Crippen LogP contribution in [0.15, 0.2) is 11.2 Å². The van der Waals surface area contributed by atoms with E-state index in [9.17, 15) is 13.5 Å². The zero-order chi connectivity index (χ0) is 14.2. The molecule has 2 rings (SSSR count). The molecule has 1 aromatic heterocycles. The molecule has 1 saturated heterocycles. The minimum atomic E-state index is -3.62. The average molecular weight is 308 g/mol. The fourth-order valence-electron chi connectivity index (χ4n) is 2.26. The van der Waals surface area contributed by atoms with Crippen LogP contribution in [0.4, 0.5) is 0 Å². The number of aromatic nitrogens is 2. The first kappa shape index (κ1) is 14.8. The van der Waals surface area contributed by atoms with Crippen LogP contribution in [0.1, 0.15) is 19.8 Å². The molecule has 2 unspecified atom stereocenters. The number of hydrogen-bond donors (Lipinski definition) is 1. The minimum absolute atomic E-state index is 0.0253. The second-order valence-corrected chi connectivity index (χ2v) is 7.19. The molecule has 8 heteroatoms. The molecule has 0 bridgehead atoms. The van der Waals surface area contributed by atoms with Crippen molar-refractivity contribution in [2.45, 2.75) is 30.9 Å². The third-order valence-electron chi connectivity index (χ3n) is 3.50. The Kier molecular flexibility index (Phi) is 4.20. The molecule has 0 spiro atoms. The van der Waals surface area contributed by atoms with Crippen molar-refractivity contribution < 1.29 is 13.5 Å². The Labute approximate surface area is 118 Å². The van der Waals surface area contributed by atoms with Gasteiger partial charge in [-0.15, -0.1) is 0 Å². The maximum atomic E-state index is 12.4. The van der Waals surface area contributed by atoms with Crippen LogP contribution in [0, 0.1) is 5.92 Å². The van der Waals surface area contributed by atoms with E-state index < -0.39 is 16.1 Å². The minimum Gasteiger partial charge on any atom is -0.393 e. The Hall–Kier alpha value is -0.630. The number of imidazole rings is 1. The molecule has 0 aromatic carbocycles. The van der Waals surface area contributed by atoms with E-state index in [0.29, 0.717) is 13.1 Å². The summed E-state index contributed by atoms with van der Waals surface area (Å²) in [6.07, 6.45) is 2.48. The van der Waals surface area contributed by atoms with Crippen LogP contribution in [0.25, 0.3) is 0 Å². The van der Waals surface area contributed by atoms with Crippen LogP contribution in [0.3, 0.4) is 0 Å². The topological polar surface area (TPSA) is 75.4 Å². The van der Waals surface area contributed by atoms with Gasteiger partial charge in [-0.1, -0.05) is 0 Å². The van der Waals surface area contributed by atoms with Crippen LogP contribution < -0.4 is 0 Å². The van der Waals surface area contributed by atoms with Crippen molar-refractivity contribution >= 4 is 21.6 Å². The number of nitrogens with zero attached hydrogens (tertiary/aromatic N) is 3. The van der Waals surface area contributed by atoms with Crippen LogP contribution in [0.5, 0.6) is 0 Å². The van der Waals surface area contributed by atoms with Crippen molar-refractivity contribution in [1.29, 1.82) is 0 Å². The molecular weight excluding hydrogens is 290 g/mol. The lowest BCUT2D eigenvalue weighted by Crippen LogP contribution is -2.42. The van der Waals surface area contributed by atoms with Crippen molar-refractivity contribution in [3.05, 3.63) is 11.5 Å². The number of halogens is 1. The Balaban J connectivity index is 2.24. The first-order valence-corrected chi connectivity index (χ1v) is 8.01. The van der Waals surface area contributed by atoms with Crippen molar-refractivity contribution in [3.63, 3.8) is 0 Å². The van der Waals surface area contributed by atoms with Gasteiger partial charge in [-0.3, -0.25) is 0 Å². The van der Waals surface area contributed by atoms with Crippen LogP contribution >= 0.6 is 11.6 Å². The van der Waals surface area contributed by atoms with Gasteiger partial charge in [0.15, 0.2) is 5.03 Å². The molecule has 0 amide bonds. The lowest BCUT2D eigenvalue weighted by molar-refractivity contribution is 0.0884. The zero-order valence-corrected chi connectivity index (χ0v) is 12.5. The molecule has 1 aromatic rings. The monoisotopic (exact) mass is 307 g/mol. The second-order valence-electron chi connectivity index (χ2n) is 4.97. The van der Waals surface area contributed by atoms with Gasteiger partial charge in [0.05, 0.1) is 6.10 Å². The molecule has 1 aliphatic heterocycles. The number of aryl methyl sites for hydroxylation is 1. The Morgan fingerprint density at radius 1 is 1.58 bits per heavy atom. The summed E-state index contributed by atoms with van der Waals surface area (Å²) in [5.74, 6) is -0.0253. The Bertz CT molecular complexity index is 536. The molecule has 0 saturated carbocycles. The summed E-state index contributed by atoms with van der Waals surface area (Å²) >= 11 is 5.78. The van der Waals surface area contributed by atoms with E-state index in [4.69, 9.17) is 11.6 Å². The quantitative estimate of drug-likeness (QED) is 0.898. The van der Waals surface area contributed by atoms with Crippen LogP contribution in [-0.4, -0.2) is 46.6 Å². The van der Waals surface area contributed by atoms with E-state index >= 15 is 0 Å². The lowest BCUT2D eigenvalue weighted by atomic mass is 9.95. The first-order chi connectivity index (χ1) is 8.82. The van der Waals surface area contributed by atoms with Gasteiger partial charge in [-0.2, -0.15) is 4.31 Å². The molecule has 2 atom stereocenters. The predicted molar refractivity (Wildman–Crippen MR) is 71.4 cm³/mol. The van der Waals surface area contributed by atoms with Gasteiger partial charge in [-0.25, -0.2) is 13.4 Å². The van der Waals surface area contributed by atoms with E-state index in [-0.39, 0.29) is 16.2 Å². The smallest absolute Gasteiger partial charge is 0.262 e. The zero-order valence-electron chi connectivity index (χ0n) is 11.0. The van der Waals surface area contributed by atoms with Gasteiger partial charge >= 0.3 is 0 Å². The Morgan fingerprint density at radius 3 is 2.79 bits per heavy atom. The van der Waals surface area contributed by atoms with Gasteiger partial charge in [0.1, 0.15) is 0 Å². The molecular formula is C11H18ClN3O3S. The van der Waals surface area contributed by atoms with Crippen molar-refractivity contribution in [2.24, 2.45) is 13.0 Å². The summed E-state index contributed by atoms with van der Waals surface area (Å²) in [6, 6.07) is 0. The number of aliphatic hydroxyl groups is 1. The molecule has 1 aliphatic rings. The second kappa shape index (κ2) is 5.40. The molecule has 2 heterocycles. The van der Waals surface area contributed by atoms with Gasteiger partial charge < -0.3 is 9.67 Å². The summed E-state index contributed by atoms with van der Waals surface area (Å²) in [6.45, 7) is 2.48. The van der Waals surface area contributed by atoms with Gasteiger partial charge in [0, 0.05) is 26.3 Å². The third-order valence-corrected chi connectivity index (χ3v) is 5.59.